The van der Waals surface area contributed by atoms with Crippen LogP contribution in [0.1, 0.15) is 54.4 Å². The van der Waals surface area contributed by atoms with Crippen LogP contribution >= 0.6 is 0 Å². The zero-order valence-electron chi connectivity index (χ0n) is 20.2. The summed E-state index contributed by atoms with van der Waals surface area (Å²) in [5.74, 6) is 0. The van der Waals surface area contributed by atoms with Crippen molar-refractivity contribution in [2.45, 2.75) is 93.7 Å². The summed E-state index contributed by atoms with van der Waals surface area (Å²) in [4.78, 5) is 0. The first-order valence-electron chi connectivity index (χ1n) is 9.77. The molecule has 0 unspecified atom stereocenters. The molecule has 0 bridgehead atoms. The molecule has 0 aromatic rings. The molecule has 2 radical (unpaired) electrons. The SMILES string of the molecule is CC(C)(C)C1=[C-]CC=C1.CC(C)(C)C1=[C-]CC=C1.C[Si](C)C.C[Si](C)C.[Zr+2]. The molecule has 2 aliphatic carbocycles. The third-order valence-electron chi connectivity index (χ3n) is 3.01. The maximum Gasteiger partial charge on any atom is 2.00 e. The smallest absolute Gasteiger partial charge is 0.269 e. The zero-order chi connectivity index (χ0) is 21.0. The Labute approximate surface area is 195 Å². The Hall–Kier alpha value is 0.277. The van der Waals surface area contributed by atoms with Crippen LogP contribution in [-0.2, 0) is 26.2 Å². The standard InChI is InChI=1S/2C9H13.2C3H9Si.Zr/c2*1-9(2,3)8-6-4-5-7-8;2*1-4(2)3;/h2*4,6H,5H2,1-3H3;2*1-3H3;/q2*-1;;;+2. The Morgan fingerprint density at radius 1 is 0.630 bits per heavy atom. The third kappa shape index (κ3) is 22.4. The van der Waals surface area contributed by atoms with Crippen molar-refractivity contribution in [1.82, 2.24) is 0 Å². The largest absolute Gasteiger partial charge is 2.00 e. The van der Waals surface area contributed by atoms with Gasteiger partial charge in [0.25, 0.3) is 0 Å². The van der Waals surface area contributed by atoms with Gasteiger partial charge < -0.3 is 0 Å². The molecule has 2 rings (SSSR count). The van der Waals surface area contributed by atoms with Crippen LogP contribution in [0.15, 0.2) is 35.5 Å². The van der Waals surface area contributed by atoms with Crippen molar-refractivity contribution in [2.24, 2.45) is 10.8 Å². The van der Waals surface area contributed by atoms with Crippen LogP contribution in [-0.4, -0.2) is 17.6 Å². The monoisotopic (exact) mass is 478 g/mol. The molecule has 0 amide bonds. The second-order valence-corrected chi connectivity index (χ2v) is 15.9. The Morgan fingerprint density at radius 2 is 0.852 bits per heavy atom. The van der Waals surface area contributed by atoms with Crippen molar-refractivity contribution in [3.05, 3.63) is 47.6 Å². The van der Waals surface area contributed by atoms with Crippen LogP contribution in [0.4, 0.5) is 0 Å². The predicted molar refractivity (Wildman–Crippen MR) is 127 cm³/mol. The van der Waals surface area contributed by atoms with Gasteiger partial charge in [-0.25, -0.2) is 23.3 Å². The molecule has 0 saturated heterocycles. The van der Waals surface area contributed by atoms with Gasteiger partial charge in [-0.1, -0.05) is 80.8 Å². The van der Waals surface area contributed by atoms with E-state index < -0.39 is 0 Å². The molecule has 0 N–H and O–H groups in total. The summed E-state index contributed by atoms with van der Waals surface area (Å²) < 4.78 is 0. The summed E-state index contributed by atoms with van der Waals surface area (Å²) in [5.41, 5.74) is 3.30. The van der Waals surface area contributed by atoms with Crippen LogP contribution in [0.25, 0.3) is 0 Å². The maximum absolute atomic E-state index is 3.30. The second kappa shape index (κ2) is 16.1. The summed E-state index contributed by atoms with van der Waals surface area (Å²) in [6.45, 7) is 26.9. The van der Waals surface area contributed by atoms with E-state index in [1.165, 1.54) is 11.1 Å². The van der Waals surface area contributed by atoms with Crippen LogP contribution in [0.5, 0.6) is 0 Å². The Balaban J connectivity index is -0.000000303. The maximum atomic E-state index is 3.30. The Bertz CT molecular complexity index is 430. The average molecular weight is 480 g/mol. The third-order valence-corrected chi connectivity index (χ3v) is 3.01. The summed E-state index contributed by atoms with van der Waals surface area (Å²) in [6, 6.07) is 0. The first-order chi connectivity index (χ1) is 11.7. The first-order valence-corrected chi connectivity index (χ1v) is 15.8. The quantitative estimate of drug-likeness (QED) is 0.243. The van der Waals surface area contributed by atoms with Gasteiger partial charge in [0, 0.05) is 17.6 Å². The fraction of sp³-hybridized carbons (Fsp3) is 0.667. The number of rotatable bonds is 0. The number of allylic oxidation sites excluding steroid dienone is 8. The topological polar surface area (TPSA) is 0 Å². The molecule has 2 aliphatic rings. The minimum Gasteiger partial charge on any atom is -0.269 e. The molecule has 0 aliphatic heterocycles. The molecular formula is C24H44Si2Zr. The van der Waals surface area contributed by atoms with Gasteiger partial charge >= 0.3 is 26.2 Å². The molecule has 0 aromatic carbocycles. The first kappa shape index (κ1) is 32.0. The zero-order valence-corrected chi connectivity index (χ0v) is 24.7. The van der Waals surface area contributed by atoms with Gasteiger partial charge in [0.2, 0.25) is 0 Å². The van der Waals surface area contributed by atoms with Crippen molar-refractivity contribution in [1.29, 1.82) is 0 Å². The number of hydrogen-bond acceptors (Lipinski definition) is 0. The van der Waals surface area contributed by atoms with Gasteiger partial charge in [-0.05, 0) is 10.8 Å². The molecule has 0 fully saturated rings. The summed E-state index contributed by atoms with van der Waals surface area (Å²) >= 11 is 0. The summed E-state index contributed by atoms with van der Waals surface area (Å²) in [6.07, 6.45) is 17.3. The van der Waals surface area contributed by atoms with Crippen molar-refractivity contribution in [3.8, 4) is 0 Å². The molecule has 3 heteroatoms. The average Bonchev–Trinajstić information content (AvgIpc) is 3.11. The Kier molecular flexibility index (Phi) is 19.1. The molecule has 0 nitrogen and oxygen atoms in total. The van der Waals surface area contributed by atoms with Gasteiger partial charge in [0.15, 0.2) is 0 Å². The van der Waals surface area contributed by atoms with Gasteiger partial charge in [-0.3, -0.25) is 12.2 Å². The predicted octanol–water partition coefficient (Wildman–Crippen LogP) is 8.18. The van der Waals surface area contributed by atoms with Crippen LogP contribution in [0.3, 0.4) is 0 Å². The minimum absolute atomic E-state index is 0. The fourth-order valence-corrected chi connectivity index (χ4v) is 1.84. The van der Waals surface area contributed by atoms with E-state index >= 15 is 0 Å². The van der Waals surface area contributed by atoms with Crippen molar-refractivity contribution < 1.29 is 26.2 Å². The van der Waals surface area contributed by atoms with Crippen molar-refractivity contribution in [3.63, 3.8) is 0 Å². The molecule has 0 atom stereocenters. The fourth-order valence-electron chi connectivity index (χ4n) is 1.84. The van der Waals surface area contributed by atoms with E-state index in [4.69, 9.17) is 0 Å². The van der Waals surface area contributed by atoms with Gasteiger partial charge in [-0.15, -0.1) is 12.8 Å². The van der Waals surface area contributed by atoms with Gasteiger partial charge in [0.1, 0.15) is 0 Å². The minimum atomic E-state index is 0. The molecule has 152 valence electrons. The summed E-state index contributed by atoms with van der Waals surface area (Å²) in [5, 5.41) is 0. The van der Waals surface area contributed by atoms with Crippen LogP contribution in [0, 0.1) is 23.0 Å². The van der Waals surface area contributed by atoms with Crippen LogP contribution in [0.2, 0.25) is 39.3 Å². The summed E-state index contributed by atoms with van der Waals surface area (Å²) in [7, 11) is 0.241. The van der Waals surface area contributed by atoms with E-state index in [2.05, 4.69) is 117 Å². The number of hydrogen-bond donors (Lipinski definition) is 0. The molecular weight excluding hydrogens is 436 g/mol. The van der Waals surface area contributed by atoms with E-state index in [-0.39, 0.29) is 43.8 Å². The molecule has 0 aromatic heterocycles. The van der Waals surface area contributed by atoms with E-state index in [1.807, 2.05) is 0 Å². The van der Waals surface area contributed by atoms with E-state index in [0.29, 0.717) is 10.8 Å². The molecule has 0 saturated carbocycles. The normalized spacial score (nSPS) is 14.9. The molecule has 0 heterocycles. The van der Waals surface area contributed by atoms with Crippen molar-refractivity contribution in [2.75, 3.05) is 0 Å². The van der Waals surface area contributed by atoms with E-state index in [9.17, 15) is 0 Å². The van der Waals surface area contributed by atoms with E-state index in [0.717, 1.165) is 12.8 Å². The van der Waals surface area contributed by atoms with E-state index in [1.54, 1.807) is 0 Å². The Morgan fingerprint density at radius 3 is 0.926 bits per heavy atom. The van der Waals surface area contributed by atoms with Crippen molar-refractivity contribution >= 4 is 17.6 Å². The van der Waals surface area contributed by atoms with Crippen LogP contribution < -0.4 is 0 Å². The molecule has 27 heavy (non-hydrogen) atoms. The van der Waals surface area contributed by atoms with Gasteiger partial charge in [-0.2, -0.15) is 12.2 Å². The van der Waals surface area contributed by atoms with Gasteiger partial charge in [0.05, 0.1) is 0 Å². The molecule has 0 spiro atoms. The second-order valence-electron chi connectivity index (χ2n) is 9.89.